The maximum absolute atomic E-state index is 12.1. The molecule has 0 spiro atoms. The van der Waals surface area contributed by atoms with Crippen LogP contribution >= 0.6 is 15.9 Å². The summed E-state index contributed by atoms with van der Waals surface area (Å²) in [6.07, 6.45) is 6.77. The fraction of sp³-hybridized carbons (Fsp3) is 0.500. The standard InChI is InChI=1S/C14H18BrNO2/c15-12-9-5-8-11(13(12)16)14(17)18-10-6-3-1-2-4-7-10/h5,8-10H,1-4,6-7,16H2. The van der Waals surface area contributed by atoms with E-state index in [-0.39, 0.29) is 12.1 Å². The van der Waals surface area contributed by atoms with Gasteiger partial charge in [-0.3, -0.25) is 0 Å². The molecule has 0 amide bonds. The lowest BCUT2D eigenvalue weighted by atomic mass is 10.1. The van der Waals surface area contributed by atoms with Crippen LogP contribution in [-0.2, 0) is 4.74 Å². The van der Waals surface area contributed by atoms with Crippen LogP contribution in [0.4, 0.5) is 5.69 Å². The van der Waals surface area contributed by atoms with E-state index in [4.69, 9.17) is 10.5 Å². The van der Waals surface area contributed by atoms with Gasteiger partial charge in [-0.25, -0.2) is 4.79 Å². The number of esters is 1. The molecule has 4 heteroatoms. The first-order valence-electron chi connectivity index (χ1n) is 6.43. The Morgan fingerprint density at radius 2 is 1.89 bits per heavy atom. The minimum atomic E-state index is -0.305. The predicted octanol–water partition coefficient (Wildman–Crippen LogP) is 3.91. The van der Waals surface area contributed by atoms with Crippen molar-refractivity contribution in [2.45, 2.75) is 44.6 Å². The number of carbonyl (C=O) groups excluding carboxylic acids is 1. The Kier molecular flexibility index (Phi) is 4.64. The number of benzene rings is 1. The van der Waals surface area contributed by atoms with Crippen LogP contribution in [0.15, 0.2) is 22.7 Å². The third-order valence-corrected chi connectivity index (χ3v) is 4.04. The van der Waals surface area contributed by atoms with Gasteiger partial charge in [0.2, 0.25) is 0 Å². The van der Waals surface area contributed by atoms with E-state index < -0.39 is 0 Å². The number of ether oxygens (including phenoxy) is 1. The highest BCUT2D eigenvalue weighted by Gasteiger charge is 2.19. The first-order chi connectivity index (χ1) is 8.68. The molecule has 0 atom stereocenters. The average molecular weight is 312 g/mol. The van der Waals surface area contributed by atoms with Crippen molar-refractivity contribution in [2.24, 2.45) is 0 Å². The maximum atomic E-state index is 12.1. The van der Waals surface area contributed by atoms with E-state index in [9.17, 15) is 4.79 Å². The summed E-state index contributed by atoms with van der Waals surface area (Å²) in [6, 6.07) is 5.32. The van der Waals surface area contributed by atoms with Crippen LogP contribution < -0.4 is 5.73 Å². The second kappa shape index (κ2) is 6.23. The number of para-hydroxylation sites is 1. The molecule has 0 aromatic heterocycles. The van der Waals surface area contributed by atoms with Crippen LogP contribution in [0.5, 0.6) is 0 Å². The number of hydrogen-bond acceptors (Lipinski definition) is 3. The van der Waals surface area contributed by atoms with E-state index in [1.807, 2.05) is 6.07 Å². The highest BCUT2D eigenvalue weighted by atomic mass is 79.9. The van der Waals surface area contributed by atoms with E-state index in [1.165, 1.54) is 12.8 Å². The number of halogens is 1. The second-order valence-corrected chi connectivity index (χ2v) is 5.57. The maximum Gasteiger partial charge on any atom is 0.340 e. The summed E-state index contributed by atoms with van der Waals surface area (Å²) >= 11 is 3.32. The van der Waals surface area contributed by atoms with Crippen LogP contribution in [0.3, 0.4) is 0 Å². The van der Waals surface area contributed by atoms with Gasteiger partial charge in [0.25, 0.3) is 0 Å². The van der Waals surface area contributed by atoms with Gasteiger partial charge >= 0.3 is 5.97 Å². The molecule has 2 N–H and O–H groups in total. The molecule has 2 rings (SSSR count). The molecule has 0 aliphatic heterocycles. The van der Waals surface area contributed by atoms with E-state index in [0.29, 0.717) is 11.3 Å². The fourth-order valence-electron chi connectivity index (χ4n) is 2.29. The monoisotopic (exact) mass is 311 g/mol. The lowest BCUT2D eigenvalue weighted by Crippen LogP contribution is -2.18. The third-order valence-electron chi connectivity index (χ3n) is 3.35. The molecule has 0 saturated heterocycles. The fourth-order valence-corrected chi connectivity index (χ4v) is 2.66. The second-order valence-electron chi connectivity index (χ2n) is 4.72. The zero-order chi connectivity index (χ0) is 13.0. The van der Waals surface area contributed by atoms with Crippen molar-refractivity contribution in [2.75, 3.05) is 5.73 Å². The molecule has 1 saturated carbocycles. The first-order valence-corrected chi connectivity index (χ1v) is 7.23. The van der Waals surface area contributed by atoms with Crippen LogP contribution in [0.25, 0.3) is 0 Å². The summed E-state index contributed by atoms with van der Waals surface area (Å²) in [7, 11) is 0. The Bertz CT molecular complexity index is 426. The molecule has 0 heterocycles. The smallest absolute Gasteiger partial charge is 0.340 e. The highest BCUT2D eigenvalue weighted by Crippen LogP contribution is 2.26. The Balaban J connectivity index is 2.04. The summed E-state index contributed by atoms with van der Waals surface area (Å²) in [5.74, 6) is -0.305. The quantitative estimate of drug-likeness (QED) is 0.512. The number of anilines is 1. The molecule has 3 nitrogen and oxygen atoms in total. The van der Waals surface area contributed by atoms with Crippen molar-refractivity contribution in [3.05, 3.63) is 28.2 Å². The topological polar surface area (TPSA) is 52.3 Å². The Morgan fingerprint density at radius 3 is 2.56 bits per heavy atom. The van der Waals surface area contributed by atoms with Gasteiger partial charge in [-0.1, -0.05) is 18.9 Å². The lowest BCUT2D eigenvalue weighted by Gasteiger charge is -2.16. The van der Waals surface area contributed by atoms with Crippen molar-refractivity contribution >= 4 is 27.6 Å². The molecule has 1 aliphatic carbocycles. The number of rotatable bonds is 2. The molecule has 0 radical (unpaired) electrons. The normalized spacial score (nSPS) is 17.2. The van der Waals surface area contributed by atoms with Crippen LogP contribution in [-0.4, -0.2) is 12.1 Å². The third kappa shape index (κ3) is 3.25. The van der Waals surface area contributed by atoms with Crippen LogP contribution in [0.2, 0.25) is 0 Å². The van der Waals surface area contributed by atoms with Gasteiger partial charge in [0, 0.05) is 4.47 Å². The SMILES string of the molecule is Nc1c(Br)cccc1C(=O)OC1CCCCCC1. The number of nitrogen functional groups attached to an aromatic ring is 1. The molecular weight excluding hydrogens is 294 g/mol. The summed E-state index contributed by atoms with van der Waals surface area (Å²) in [5, 5.41) is 0. The molecule has 0 unspecified atom stereocenters. The minimum Gasteiger partial charge on any atom is -0.459 e. The van der Waals surface area contributed by atoms with Crippen molar-refractivity contribution in [3.8, 4) is 0 Å². The lowest BCUT2D eigenvalue weighted by molar-refractivity contribution is 0.0268. The van der Waals surface area contributed by atoms with E-state index >= 15 is 0 Å². The molecule has 1 fully saturated rings. The molecule has 1 aromatic carbocycles. The molecule has 18 heavy (non-hydrogen) atoms. The van der Waals surface area contributed by atoms with Crippen molar-refractivity contribution in [1.29, 1.82) is 0 Å². The van der Waals surface area contributed by atoms with Crippen molar-refractivity contribution in [3.63, 3.8) is 0 Å². The summed E-state index contributed by atoms with van der Waals surface area (Å²) in [6.45, 7) is 0. The van der Waals surface area contributed by atoms with Gasteiger partial charge in [0.05, 0.1) is 11.3 Å². The van der Waals surface area contributed by atoms with Crippen LogP contribution in [0, 0.1) is 0 Å². The number of carbonyl (C=O) groups is 1. The minimum absolute atomic E-state index is 0.0541. The van der Waals surface area contributed by atoms with E-state index in [2.05, 4.69) is 15.9 Å². The molecule has 98 valence electrons. The van der Waals surface area contributed by atoms with Gasteiger partial charge in [-0.05, 0) is 53.7 Å². The van der Waals surface area contributed by atoms with Gasteiger partial charge in [0.15, 0.2) is 0 Å². The van der Waals surface area contributed by atoms with Crippen molar-refractivity contribution in [1.82, 2.24) is 0 Å². The molecular formula is C14H18BrNO2. The van der Waals surface area contributed by atoms with Crippen molar-refractivity contribution < 1.29 is 9.53 Å². The Morgan fingerprint density at radius 1 is 1.22 bits per heavy atom. The summed E-state index contributed by atoms with van der Waals surface area (Å²) in [5.41, 5.74) is 6.78. The molecule has 1 aliphatic rings. The number of hydrogen-bond donors (Lipinski definition) is 1. The van der Waals surface area contributed by atoms with E-state index in [1.54, 1.807) is 12.1 Å². The predicted molar refractivity (Wildman–Crippen MR) is 75.5 cm³/mol. The van der Waals surface area contributed by atoms with Gasteiger partial charge in [-0.15, -0.1) is 0 Å². The zero-order valence-electron chi connectivity index (χ0n) is 10.3. The first kappa shape index (κ1) is 13.4. The molecule has 1 aromatic rings. The van der Waals surface area contributed by atoms with E-state index in [0.717, 1.165) is 30.2 Å². The Labute approximate surface area is 116 Å². The van der Waals surface area contributed by atoms with Gasteiger partial charge in [0.1, 0.15) is 6.10 Å². The summed E-state index contributed by atoms with van der Waals surface area (Å²) < 4.78 is 6.29. The average Bonchev–Trinajstić information content (AvgIpc) is 2.61. The highest BCUT2D eigenvalue weighted by molar-refractivity contribution is 9.10. The van der Waals surface area contributed by atoms with Gasteiger partial charge < -0.3 is 10.5 Å². The summed E-state index contributed by atoms with van der Waals surface area (Å²) in [4.78, 5) is 12.1. The Hall–Kier alpha value is -1.03. The van der Waals surface area contributed by atoms with Crippen LogP contribution in [0.1, 0.15) is 48.9 Å². The van der Waals surface area contributed by atoms with Gasteiger partial charge in [-0.2, -0.15) is 0 Å². The molecule has 0 bridgehead atoms. The number of nitrogens with two attached hydrogens (primary N) is 1. The largest absolute Gasteiger partial charge is 0.459 e. The zero-order valence-corrected chi connectivity index (χ0v) is 11.9.